The fourth-order valence-corrected chi connectivity index (χ4v) is 3.56. The van der Waals surface area contributed by atoms with Gasteiger partial charge in [-0.2, -0.15) is 0 Å². The van der Waals surface area contributed by atoms with Crippen molar-refractivity contribution >= 4 is 23.4 Å². The lowest BCUT2D eigenvalue weighted by atomic mass is 9.99. The van der Waals surface area contributed by atoms with Crippen molar-refractivity contribution < 1.29 is 9.53 Å². The van der Waals surface area contributed by atoms with Crippen molar-refractivity contribution in [1.82, 2.24) is 15.3 Å². The molecule has 2 aromatic rings. The number of pyridine rings is 2. The van der Waals surface area contributed by atoms with E-state index in [1.807, 2.05) is 18.2 Å². The normalized spacial score (nSPS) is 18.7. The molecule has 0 radical (unpaired) electrons. The number of ether oxygens (including phenoxy) is 1. The first-order valence-corrected chi connectivity index (χ1v) is 9.82. The lowest BCUT2D eigenvalue weighted by Gasteiger charge is -2.27. The van der Waals surface area contributed by atoms with Gasteiger partial charge in [0.1, 0.15) is 11.6 Å². The van der Waals surface area contributed by atoms with Gasteiger partial charge < -0.3 is 25.6 Å². The molecule has 2 amide bonds. The van der Waals surface area contributed by atoms with E-state index in [1.54, 1.807) is 12.4 Å². The third kappa shape index (κ3) is 4.69. The minimum Gasteiger partial charge on any atom is -0.378 e. The van der Waals surface area contributed by atoms with Gasteiger partial charge >= 0.3 is 6.03 Å². The highest BCUT2D eigenvalue weighted by molar-refractivity contribution is 5.89. The van der Waals surface area contributed by atoms with Crippen LogP contribution in [0.4, 0.5) is 22.1 Å². The second-order valence-corrected chi connectivity index (χ2v) is 7.07. The van der Waals surface area contributed by atoms with E-state index in [0.717, 1.165) is 57.2 Å². The van der Waals surface area contributed by atoms with Gasteiger partial charge in [0.05, 0.1) is 25.1 Å². The molecule has 4 heterocycles. The molecule has 148 valence electrons. The zero-order valence-corrected chi connectivity index (χ0v) is 15.9. The van der Waals surface area contributed by atoms with Gasteiger partial charge in [-0.15, -0.1) is 0 Å². The molecule has 1 saturated heterocycles. The number of morpholine rings is 1. The molecule has 0 saturated carbocycles. The fourth-order valence-electron chi connectivity index (χ4n) is 3.56. The Kier molecular flexibility index (Phi) is 5.86. The molecule has 2 aliphatic heterocycles. The third-order valence-electron chi connectivity index (χ3n) is 5.11. The number of aryl methyl sites for hydroxylation is 1. The lowest BCUT2D eigenvalue weighted by Crippen LogP contribution is -2.36. The lowest BCUT2D eigenvalue weighted by molar-refractivity contribution is 0.122. The Hall–Kier alpha value is -2.87. The minimum absolute atomic E-state index is 0.213. The first-order chi connectivity index (χ1) is 13.8. The van der Waals surface area contributed by atoms with Crippen LogP contribution in [0.2, 0.25) is 0 Å². The van der Waals surface area contributed by atoms with Crippen molar-refractivity contribution in [3.05, 3.63) is 42.2 Å². The zero-order valence-electron chi connectivity index (χ0n) is 15.9. The molecule has 1 unspecified atom stereocenters. The fraction of sp³-hybridized carbons (Fsp3) is 0.450. The Bertz CT molecular complexity index is 792. The number of carbonyl (C=O) groups is 1. The summed E-state index contributed by atoms with van der Waals surface area (Å²) in [6, 6.07) is 8.00. The second kappa shape index (κ2) is 8.88. The molecule has 0 spiro atoms. The second-order valence-electron chi connectivity index (χ2n) is 7.07. The van der Waals surface area contributed by atoms with Crippen LogP contribution in [0.25, 0.3) is 0 Å². The number of anilines is 3. The van der Waals surface area contributed by atoms with E-state index in [0.29, 0.717) is 18.3 Å². The number of nitrogens with zero attached hydrogens (tertiary/aromatic N) is 3. The smallest absolute Gasteiger partial charge is 0.319 e. The summed E-state index contributed by atoms with van der Waals surface area (Å²) >= 11 is 0. The number of rotatable bonds is 5. The van der Waals surface area contributed by atoms with E-state index in [1.165, 1.54) is 5.56 Å². The van der Waals surface area contributed by atoms with Crippen LogP contribution >= 0.6 is 0 Å². The summed E-state index contributed by atoms with van der Waals surface area (Å²) in [7, 11) is 0. The van der Waals surface area contributed by atoms with Gasteiger partial charge in [0.15, 0.2) is 0 Å². The monoisotopic (exact) mass is 382 g/mol. The molecule has 2 aromatic heterocycles. The first-order valence-electron chi connectivity index (χ1n) is 9.82. The van der Waals surface area contributed by atoms with Crippen molar-refractivity contribution in [2.75, 3.05) is 48.4 Å². The number of carbonyl (C=O) groups excluding carboxylic acids is 1. The Balaban J connectivity index is 1.19. The van der Waals surface area contributed by atoms with Gasteiger partial charge in [-0.1, -0.05) is 6.07 Å². The molecule has 8 heteroatoms. The largest absolute Gasteiger partial charge is 0.378 e. The first kappa shape index (κ1) is 18.5. The van der Waals surface area contributed by atoms with Gasteiger partial charge in [-0.25, -0.2) is 14.8 Å². The number of fused-ring (bicyclic) bond motifs is 1. The highest BCUT2D eigenvalue weighted by Gasteiger charge is 2.18. The molecule has 1 fully saturated rings. The third-order valence-corrected chi connectivity index (χ3v) is 5.11. The van der Waals surface area contributed by atoms with E-state index in [2.05, 4.69) is 36.9 Å². The van der Waals surface area contributed by atoms with Crippen LogP contribution in [0.5, 0.6) is 0 Å². The predicted molar refractivity (Wildman–Crippen MR) is 109 cm³/mol. The van der Waals surface area contributed by atoms with Gasteiger partial charge in [-0.3, -0.25) is 0 Å². The molecule has 28 heavy (non-hydrogen) atoms. The molecule has 3 N–H and O–H groups in total. The van der Waals surface area contributed by atoms with Crippen LogP contribution < -0.4 is 20.9 Å². The molecule has 0 bridgehead atoms. The van der Waals surface area contributed by atoms with Crippen molar-refractivity contribution in [3.8, 4) is 0 Å². The molecular formula is C20H26N6O2. The van der Waals surface area contributed by atoms with Gasteiger partial charge in [0.25, 0.3) is 0 Å². The summed E-state index contributed by atoms with van der Waals surface area (Å²) in [6.07, 6.45) is 6.43. The van der Waals surface area contributed by atoms with E-state index in [-0.39, 0.29) is 6.03 Å². The maximum absolute atomic E-state index is 12.1. The van der Waals surface area contributed by atoms with E-state index in [4.69, 9.17) is 4.74 Å². The van der Waals surface area contributed by atoms with E-state index < -0.39 is 0 Å². The number of amides is 2. The highest BCUT2D eigenvalue weighted by atomic mass is 16.5. The summed E-state index contributed by atoms with van der Waals surface area (Å²) in [5.41, 5.74) is 1.95. The molecule has 0 aliphatic carbocycles. The van der Waals surface area contributed by atoms with Crippen LogP contribution in [-0.2, 0) is 11.2 Å². The average Bonchev–Trinajstić information content (AvgIpc) is 2.75. The summed E-state index contributed by atoms with van der Waals surface area (Å²) < 4.78 is 5.35. The van der Waals surface area contributed by atoms with Crippen molar-refractivity contribution in [2.45, 2.75) is 25.3 Å². The number of hydrogen-bond acceptors (Lipinski definition) is 6. The van der Waals surface area contributed by atoms with Gasteiger partial charge in [-0.05, 0) is 43.0 Å². The maximum Gasteiger partial charge on any atom is 0.319 e. The Labute approximate surface area is 164 Å². The Morgan fingerprint density at radius 1 is 1.25 bits per heavy atom. The number of nitrogens with one attached hydrogen (secondary N) is 3. The van der Waals surface area contributed by atoms with Crippen molar-refractivity contribution in [2.24, 2.45) is 0 Å². The average molecular weight is 382 g/mol. The number of aromatic nitrogens is 2. The topological polar surface area (TPSA) is 91.4 Å². The molecule has 2 aliphatic rings. The molecular weight excluding hydrogens is 356 g/mol. The number of urea groups is 1. The Morgan fingerprint density at radius 2 is 2.14 bits per heavy atom. The Morgan fingerprint density at radius 3 is 2.96 bits per heavy atom. The maximum atomic E-state index is 12.1. The van der Waals surface area contributed by atoms with Crippen LogP contribution in [0.3, 0.4) is 0 Å². The van der Waals surface area contributed by atoms with Crippen molar-refractivity contribution in [1.29, 1.82) is 0 Å². The summed E-state index contributed by atoms with van der Waals surface area (Å²) in [5.74, 6) is 1.88. The van der Waals surface area contributed by atoms with E-state index in [9.17, 15) is 4.79 Å². The molecule has 1 atom stereocenters. The minimum atomic E-state index is -0.213. The summed E-state index contributed by atoms with van der Waals surface area (Å²) in [5, 5.41) is 9.20. The van der Waals surface area contributed by atoms with Crippen LogP contribution in [-0.4, -0.2) is 54.9 Å². The molecule has 8 nitrogen and oxygen atoms in total. The SMILES string of the molecule is O=C(NCCC1CCc2cccnc2N1)Nc1ccc(N2CCOCC2)nc1. The van der Waals surface area contributed by atoms with Crippen LogP contribution in [0.1, 0.15) is 18.4 Å². The van der Waals surface area contributed by atoms with Crippen LogP contribution in [0, 0.1) is 0 Å². The quantitative estimate of drug-likeness (QED) is 0.735. The van der Waals surface area contributed by atoms with Crippen LogP contribution in [0.15, 0.2) is 36.7 Å². The summed E-state index contributed by atoms with van der Waals surface area (Å²) in [6.45, 7) is 3.74. The standard InChI is InChI=1S/C20H26N6O2/c27-20(22-9-7-16-4-3-15-2-1-8-21-19(15)24-16)25-17-5-6-18(23-14-17)26-10-12-28-13-11-26/h1-2,5-6,8,14,16H,3-4,7,9-13H2,(H,21,24)(H2,22,25,27). The van der Waals surface area contributed by atoms with Crippen molar-refractivity contribution in [3.63, 3.8) is 0 Å². The number of hydrogen-bond donors (Lipinski definition) is 3. The van der Waals surface area contributed by atoms with E-state index >= 15 is 0 Å². The van der Waals surface area contributed by atoms with Gasteiger partial charge in [0.2, 0.25) is 0 Å². The zero-order chi connectivity index (χ0) is 19.2. The predicted octanol–water partition coefficient (Wildman–Crippen LogP) is 2.25. The molecule has 0 aromatic carbocycles. The highest BCUT2D eigenvalue weighted by Crippen LogP contribution is 2.23. The molecule has 4 rings (SSSR count). The summed E-state index contributed by atoms with van der Waals surface area (Å²) in [4.78, 5) is 23.1. The van der Waals surface area contributed by atoms with Gasteiger partial charge in [0, 0.05) is 31.9 Å².